The van der Waals surface area contributed by atoms with Gasteiger partial charge in [0.05, 0.1) is 22.2 Å². The van der Waals surface area contributed by atoms with Gasteiger partial charge in [-0.2, -0.15) is 13.2 Å². The number of thiazole rings is 1. The van der Waals surface area contributed by atoms with Gasteiger partial charge < -0.3 is 5.32 Å². The summed E-state index contributed by atoms with van der Waals surface area (Å²) in [6.45, 7) is 1.58. The van der Waals surface area contributed by atoms with Gasteiger partial charge in [0, 0.05) is 21.4 Å². The van der Waals surface area contributed by atoms with Crippen molar-refractivity contribution >= 4 is 63.5 Å². The monoisotopic (exact) mass is 615 g/mol. The Morgan fingerprint density at radius 2 is 1.78 bits per heavy atom. The average molecular weight is 616 g/mol. The lowest BCUT2D eigenvalue weighted by atomic mass is 9.87. The van der Waals surface area contributed by atoms with Crippen LogP contribution in [-0.4, -0.2) is 27.5 Å². The third-order valence-corrected chi connectivity index (χ3v) is 10.5. The number of alkyl halides is 3. The van der Waals surface area contributed by atoms with E-state index in [1.807, 2.05) is 18.4 Å². The first-order chi connectivity index (χ1) is 19.5. The van der Waals surface area contributed by atoms with Crippen LogP contribution in [0, 0.1) is 12.8 Å². The minimum Gasteiger partial charge on any atom is -0.325 e. The van der Waals surface area contributed by atoms with Crippen molar-refractivity contribution in [2.24, 2.45) is 5.92 Å². The summed E-state index contributed by atoms with van der Waals surface area (Å²) < 4.78 is 41.6. The van der Waals surface area contributed by atoms with Gasteiger partial charge in [-0.1, -0.05) is 47.4 Å². The summed E-state index contributed by atoms with van der Waals surface area (Å²) in [4.78, 5) is 55.3. The standard InChI is InChI=1S/C28H20F3N3O4S3/c1-14-5-2-7-16(11-14)32-19(35)13-33-26-23(41-27(33)38)20(18-9-4-10-39-18)21-22(40-26)25(37)34(24(21)36)17-8-3-6-15(12-17)28(29,30)31/h2-12,20-22H,13H2,1H3,(H,32,35). The van der Waals surface area contributed by atoms with E-state index in [0.29, 0.717) is 15.6 Å². The van der Waals surface area contributed by atoms with Gasteiger partial charge in [-0.05, 0) is 54.3 Å². The van der Waals surface area contributed by atoms with Crippen molar-refractivity contribution in [3.8, 4) is 0 Å². The van der Waals surface area contributed by atoms with Crippen molar-refractivity contribution in [2.45, 2.75) is 35.8 Å². The van der Waals surface area contributed by atoms with Gasteiger partial charge in [0.25, 0.3) is 0 Å². The molecule has 1 N–H and O–H groups in total. The fourth-order valence-electron chi connectivity index (χ4n) is 5.17. The van der Waals surface area contributed by atoms with E-state index in [-0.39, 0.29) is 12.2 Å². The summed E-state index contributed by atoms with van der Waals surface area (Å²) in [5, 5.41) is 4.01. The van der Waals surface area contributed by atoms with E-state index in [1.165, 1.54) is 22.0 Å². The molecule has 0 aliphatic carbocycles. The van der Waals surface area contributed by atoms with Crippen molar-refractivity contribution in [3.63, 3.8) is 0 Å². The summed E-state index contributed by atoms with van der Waals surface area (Å²) in [7, 11) is 0. The maximum atomic E-state index is 13.8. The van der Waals surface area contributed by atoms with Gasteiger partial charge in [0.1, 0.15) is 11.8 Å². The average Bonchev–Trinajstić information content (AvgIpc) is 3.61. The molecule has 2 aliphatic rings. The van der Waals surface area contributed by atoms with Gasteiger partial charge in [-0.25, -0.2) is 4.90 Å². The number of fused-ring (bicyclic) bond motifs is 2. The molecule has 210 valence electrons. The van der Waals surface area contributed by atoms with E-state index in [2.05, 4.69) is 5.32 Å². The molecule has 3 unspecified atom stereocenters. The normalized spacial score (nSPS) is 20.2. The number of carbonyl (C=O) groups is 3. The molecule has 3 amide bonds. The Labute approximate surface area is 243 Å². The van der Waals surface area contributed by atoms with E-state index >= 15 is 0 Å². The van der Waals surface area contributed by atoms with Crippen molar-refractivity contribution in [1.29, 1.82) is 0 Å². The van der Waals surface area contributed by atoms with E-state index < -0.39 is 51.4 Å². The largest absolute Gasteiger partial charge is 0.416 e. The number of nitrogens with zero attached hydrogens (tertiary/aromatic N) is 2. The van der Waals surface area contributed by atoms with Crippen molar-refractivity contribution < 1.29 is 27.6 Å². The molecule has 0 bridgehead atoms. The summed E-state index contributed by atoms with van der Waals surface area (Å²) in [5.74, 6) is -3.32. The summed E-state index contributed by atoms with van der Waals surface area (Å²) in [6.07, 6.45) is -4.65. The Morgan fingerprint density at radius 1 is 1.00 bits per heavy atom. The van der Waals surface area contributed by atoms with Crippen molar-refractivity contribution in [3.05, 3.63) is 96.6 Å². The molecule has 1 saturated heterocycles. The summed E-state index contributed by atoms with van der Waals surface area (Å²) in [6, 6.07) is 14.9. The van der Waals surface area contributed by atoms with Crippen LogP contribution in [0.4, 0.5) is 24.5 Å². The summed E-state index contributed by atoms with van der Waals surface area (Å²) in [5.41, 5.74) is 0.390. The Morgan fingerprint density at radius 3 is 2.49 bits per heavy atom. The van der Waals surface area contributed by atoms with Crippen LogP contribution in [0.1, 0.15) is 26.8 Å². The molecular formula is C28H20F3N3O4S3. The highest BCUT2D eigenvalue weighted by Gasteiger charge is 2.57. The van der Waals surface area contributed by atoms with Crippen LogP contribution in [0.3, 0.4) is 0 Å². The lowest BCUT2D eigenvalue weighted by molar-refractivity contribution is -0.137. The predicted octanol–water partition coefficient (Wildman–Crippen LogP) is 5.73. The van der Waals surface area contributed by atoms with Gasteiger partial charge in [-0.15, -0.1) is 11.3 Å². The molecule has 0 radical (unpaired) electrons. The molecule has 4 heterocycles. The zero-order valence-electron chi connectivity index (χ0n) is 21.2. The van der Waals surface area contributed by atoms with E-state index in [1.54, 1.807) is 30.3 Å². The fourth-order valence-corrected chi connectivity index (χ4v) is 8.89. The number of nitrogens with one attached hydrogen (secondary N) is 1. The van der Waals surface area contributed by atoms with E-state index in [0.717, 1.165) is 56.6 Å². The molecule has 13 heteroatoms. The number of rotatable bonds is 5. The van der Waals surface area contributed by atoms with E-state index in [9.17, 15) is 32.3 Å². The van der Waals surface area contributed by atoms with Crippen molar-refractivity contribution in [1.82, 2.24) is 4.57 Å². The number of thioether (sulfide) groups is 1. The molecule has 41 heavy (non-hydrogen) atoms. The molecule has 3 atom stereocenters. The van der Waals surface area contributed by atoms with Gasteiger partial charge >= 0.3 is 11.0 Å². The lowest BCUT2D eigenvalue weighted by Gasteiger charge is -2.29. The Hall–Kier alpha value is -3.68. The van der Waals surface area contributed by atoms with Crippen LogP contribution in [0.15, 0.2) is 75.9 Å². The number of halogens is 3. The molecular weight excluding hydrogens is 596 g/mol. The lowest BCUT2D eigenvalue weighted by Crippen LogP contribution is -2.32. The number of hydrogen-bond donors (Lipinski definition) is 1. The smallest absolute Gasteiger partial charge is 0.325 e. The Bertz CT molecular complexity index is 1750. The maximum absolute atomic E-state index is 13.8. The first-order valence-electron chi connectivity index (χ1n) is 12.4. The third-order valence-electron chi connectivity index (χ3n) is 6.93. The number of benzene rings is 2. The van der Waals surface area contributed by atoms with E-state index in [4.69, 9.17) is 0 Å². The van der Waals surface area contributed by atoms with Crippen LogP contribution in [-0.2, 0) is 27.1 Å². The molecule has 2 aliphatic heterocycles. The quantitative estimate of drug-likeness (QED) is 0.290. The minimum absolute atomic E-state index is 0.159. The highest BCUT2D eigenvalue weighted by atomic mass is 32.2. The Kier molecular flexibility index (Phi) is 6.91. The molecule has 7 nitrogen and oxygen atoms in total. The first-order valence-corrected chi connectivity index (χ1v) is 15.0. The summed E-state index contributed by atoms with van der Waals surface area (Å²) >= 11 is 3.28. The molecule has 0 spiro atoms. The van der Waals surface area contributed by atoms with Gasteiger partial charge in [0.15, 0.2) is 0 Å². The second kappa shape index (κ2) is 10.3. The highest BCUT2D eigenvalue weighted by Crippen LogP contribution is 2.54. The zero-order valence-corrected chi connectivity index (χ0v) is 23.6. The number of imide groups is 1. The number of aryl methyl sites for hydroxylation is 1. The number of amides is 3. The molecule has 2 aromatic carbocycles. The van der Waals surface area contributed by atoms with Crippen molar-refractivity contribution in [2.75, 3.05) is 10.2 Å². The number of anilines is 2. The molecule has 1 fully saturated rings. The van der Waals surface area contributed by atoms with Crippen LogP contribution in [0.25, 0.3) is 0 Å². The van der Waals surface area contributed by atoms with Crippen LogP contribution in [0.2, 0.25) is 0 Å². The first kappa shape index (κ1) is 27.5. The topological polar surface area (TPSA) is 88.5 Å². The van der Waals surface area contributed by atoms with Gasteiger partial charge in [0.2, 0.25) is 17.7 Å². The predicted molar refractivity (Wildman–Crippen MR) is 152 cm³/mol. The number of thiophene rings is 1. The molecule has 6 rings (SSSR count). The highest BCUT2D eigenvalue weighted by molar-refractivity contribution is 8.00. The van der Waals surface area contributed by atoms with Gasteiger partial charge in [-0.3, -0.25) is 23.7 Å². The zero-order chi connectivity index (χ0) is 29.1. The number of carbonyl (C=O) groups excluding carboxylic acids is 3. The molecule has 4 aromatic rings. The second-order valence-electron chi connectivity index (χ2n) is 9.66. The number of hydrogen-bond acceptors (Lipinski definition) is 7. The van der Waals surface area contributed by atoms with Crippen LogP contribution >= 0.6 is 34.4 Å². The van der Waals surface area contributed by atoms with Crippen LogP contribution < -0.4 is 15.1 Å². The fraction of sp³-hybridized carbons (Fsp3) is 0.214. The molecule has 0 saturated carbocycles. The Balaban J connectivity index is 1.38. The minimum atomic E-state index is -4.65. The maximum Gasteiger partial charge on any atom is 0.416 e. The van der Waals surface area contributed by atoms with Crippen LogP contribution in [0.5, 0.6) is 0 Å². The SMILES string of the molecule is Cc1cccc(NC(=O)Cn2c3c(sc2=O)C(c2cccs2)C2C(=O)N(c4cccc(C(F)(F)F)c4)C(=O)C2S3)c1. The second-order valence-corrected chi connectivity index (χ2v) is 12.8. The third kappa shape index (κ3) is 4.91. The number of aromatic nitrogens is 1. The molecule has 2 aromatic heterocycles.